The van der Waals surface area contributed by atoms with Crippen LogP contribution in [0, 0.1) is 23.7 Å². The fourth-order valence-electron chi connectivity index (χ4n) is 4.80. The predicted molar refractivity (Wildman–Crippen MR) is 73.4 cm³/mol. The lowest BCUT2D eigenvalue weighted by atomic mass is 9.53. The molecule has 4 nitrogen and oxygen atoms in total. The van der Waals surface area contributed by atoms with Crippen molar-refractivity contribution in [2.24, 2.45) is 23.7 Å². The second kappa shape index (κ2) is 4.97. The van der Waals surface area contributed by atoms with Crippen molar-refractivity contribution in [2.75, 3.05) is 6.61 Å². The third-order valence-corrected chi connectivity index (χ3v) is 5.00. The number of nitrogens with one attached hydrogen (secondary N) is 2. The maximum atomic E-state index is 12.0. The van der Waals surface area contributed by atoms with Gasteiger partial charge in [-0.2, -0.15) is 0 Å². The van der Waals surface area contributed by atoms with Crippen LogP contribution in [0.1, 0.15) is 52.4 Å². The second-order valence-corrected chi connectivity index (χ2v) is 7.46. The minimum absolute atomic E-state index is 0.0695. The van der Waals surface area contributed by atoms with E-state index in [1.807, 2.05) is 0 Å². The maximum Gasteiger partial charge on any atom is 0.339 e. The van der Waals surface area contributed by atoms with Crippen molar-refractivity contribution in [1.82, 2.24) is 10.8 Å². The first-order chi connectivity index (χ1) is 9.05. The molecule has 4 heteroatoms. The van der Waals surface area contributed by atoms with Gasteiger partial charge in [-0.25, -0.2) is 10.3 Å². The molecule has 4 rings (SSSR count). The molecule has 4 fully saturated rings. The lowest BCUT2D eigenvalue weighted by Gasteiger charge is -2.56. The molecule has 0 spiro atoms. The van der Waals surface area contributed by atoms with Crippen LogP contribution in [0.3, 0.4) is 0 Å². The normalized spacial score (nSPS) is 39.6. The topological polar surface area (TPSA) is 50.4 Å². The number of amides is 2. The zero-order valence-electron chi connectivity index (χ0n) is 12.1. The van der Waals surface area contributed by atoms with Crippen LogP contribution in [-0.2, 0) is 4.84 Å². The number of carbonyl (C=O) groups excluding carboxylic acids is 1. The summed E-state index contributed by atoms with van der Waals surface area (Å²) in [4.78, 5) is 17.2. The summed E-state index contributed by atoms with van der Waals surface area (Å²) in [7, 11) is 0. The number of rotatable bonds is 4. The number of carbonyl (C=O) groups is 1. The Balaban J connectivity index is 1.53. The summed E-state index contributed by atoms with van der Waals surface area (Å²) in [6, 6.07) is -0.150. The molecule has 0 saturated heterocycles. The summed E-state index contributed by atoms with van der Waals surface area (Å²) in [5.41, 5.74) is 2.61. The standard InChI is InChI=1S/C15H26N2O2/c1-10(2)9-19-17-14(18)16-15-6-11-3-12(7-15)5-13(4-11)8-15/h10-13H,3-9H2,1-2H3,(H2,16,17,18). The molecule has 0 heterocycles. The molecule has 0 radical (unpaired) electrons. The largest absolute Gasteiger partial charge is 0.339 e. The SMILES string of the molecule is CC(C)CONC(=O)NC12CC3CC(CC(C3)C1)C2. The molecule has 0 unspecified atom stereocenters. The Hall–Kier alpha value is -0.770. The molecule has 2 amide bonds. The second-order valence-electron chi connectivity index (χ2n) is 7.46. The van der Waals surface area contributed by atoms with Gasteiger partial charge in [0, 0.05) is 5.54 Å². The van der Waals surface area contributed by atoms with Crippen LogP contribution in [0.5, 0.6) is 0 Å². The maximum absolute atomic E-state index is 12.0. The zero-order valence-corrected chi connectivity index (χ0v) is 12.1. The molecule has 0 aromatic rings. The van der Waals surface area contributed by atoms with Crippen LogP contribution in [0.25, 0.3) is 0 Å². The lowest BCUT2D eigenvalue weighted by molar-refractivity contribution is -0.0197. The van der Waals surface area contributed by atoms with Crippen LogP contribution in [0.4, 0.5) is 4.79 Å². The van der Waals surface area contributed by atoms with Crippen molar-refractivity contribution >= 4 is 6.03 Å². The first-order valence-corrected chi connectivity index (χ1v) is 7.74. The number of hydrogen-bond donors (Lipinski definition) is 2. The van der Waals surface area contributed by atoms with Crippen molar-refractivity contribution in [3.8, 4) is 0 Å². The highest BCUT2D eigenvalue weighted by Gasteiger charge is 2.51. The molecule has 108 valence electrons. The molecule has 0 aliphatic heterocycles. The van der Waals surface area contributed by atoms with Gasteiger partial charge in [-0.05, 0) is 62.2 Å². The van der Waals surface area contributed by atoms with Gasteiger partial charge in [0.2, 0.25) is 0 Å². The van der Waals surface area contributed by atoms with Gasteiger partial charge < -0.3 is 5.32 Å². The fourth-order valence-corrected chi connectivity index (χ4v) is 4.80. The number of hydroxylamine groups is 1. The summed E-state index contributed by atoms with van der Waals surface area (Å²) >= 11 is 0. The lowest BCUT2D eigenvalue weighted by Crippen LogP contribution is -2.61. The van der Waals surface area contributed by atoms with E-state index >= 15 is 0 Å². The zero-order chi connectivity index (χ0) is 13.5. The van der Waals surface area contributed by atoms with Gasteiger partial charge in [-0.3, -0.25) is 4.84 Å². The highest BCUT2D eigenvalue weighted by Crippen LogP contribution is 2.55. The minimum atomic E-state index is -0.150. The predicted octanol–water partition coefficient (Wildman–Crippen LogP) is 2.84. The van der Waals surface area contributed by atoms with Crippen molar-refractivity contribution in [2.45, 2.75) is 57.9 Å². The molecule has 4 bridgehead atoms. The highest BCUT2D eigenvalue weighted by molar-refractivity contribution is 5.73. The molecule has 0 atom stereocenters. The third-order valence-electron chi connectivity index (χ3n) is 5.00. The van der Waals surface area contributed by atoms with Gasteiger partial charge in [-0.15, -0.1) is 0 Å². The van der Waals surface area contributed by atoms with Crippen LogP contribution in [0.15, 0.2) is 0 Å². The van der Waals surface area contributed by atoms with Crippen LogP contribution in [0.2, 0.25) is 0 Å². The van der Waals surface area contributed by atoms with Crippen molar-refractivity contribution in [1.29, 1.82) is 0 Å². The Morgan fingerprint density at radius 3 is 2.16 bits per heavy atom. The molecule has 19 heavy (non-hydrogen) atoms. The van der Waals surface area contributed by atoms with E-state index in [9.17, 15) is 4.79 Å². The molecule has 2 N–H and O–H groups in total. The monoisotopic (exact) mass is 266 g/mol. The van der Waals surface area contributed by atoms with Gasteiger partial charge in [0.1, 0.15) is 0 Å². The van der Waals surface area contributed by atoms with E-state index in [2.05, 4.69) is 24.6 Å². The number of hydrogen-bond acceptors (Lipinski definition) is 2. The summed E-state index contributed by atoms with van der Waals surface area (Å²) in [6.07, 6.45) is 7.72. The van der Waals surface area contributed by atoms with Gasteiger partial charge in [0.15, 0.2) is 0 Å². The van der Waals surface area contributed by atoms with Crippen molar-refractivity contribution < 1.29 is 9.63 Å². The Morgan fingerprint density at radius 2 is 1.68 bits per heavy atom. The smallest absolute Gasteiger partial charge is 0.331 e. The summed E-state index contributed by atoms with van der Waals surface area (Å²) < 4.78 is 0. The van der Waals surface area contributed by atoms with Gasteiger partial charge in [0.05, 0.1) is 6.61 Å². The van der Waals surface area contributed by atoms with E-state index in [1.165, 1.54) is 38.5 Å². The average molecular weight is 266 g/mol. The van der Waals surface area contributed by atoms with Gasteiger partial charge in [0.25, 0.3) is 0 Å². The third kappa shape index (κ3) is 2.88. The van der Waals surface area contributed by atoms with E-state index in [0.29, 0.717) is 12.5 Å². The average Bonchev–Trinajstić information content (AvgIpc) is 2.25. The Bertz CT molecular complexity index is 319. The summed E-state index contributed by atoms with van der Waals surface area (Å²) in [6.45, 7) is 4.70. The fraction of sp³-hybridized carbons (Fsp3) is 0.933. The molecular weight excluding hydrogens is 240 g/mol. The quantitative estimate of drug-likeness (QED) is 0.769. The molecular formula is C15H26N2O2. The van der Waals surface area contributed by atoms with Crippen LogP contribution >= 0.6 is 0 Å². The van der Waals surface area contributed by atoms with E-state index in [4.69, 9.17) is 4.84 Å². The van der Waals surface area contributed by atoms with Gasteiger partial charge >= 0.3 is 6.03 Å². The summed E-state index contributed by atoms with van der Waals surface area (Å²) in [5.74, 6) is 2.98. The van der Waals surface area contributed by atoms with Crippen molar-refractivity contribution in [3.63, 3.8) is 0 Å². The molecule has 4 aliphatic rings. The number of urea groups is 1. The first-order valence-electron chi connectivity index (χ1n) is 7.74. The van der Waals surface area contributed by atoms with E-state index in [-0.39, 0.29) is 11.6 Å². The Kier molecular flexibility index (Phi) is 3.46. The molecule has 4 aliphatic carbocycles. The first kappa shape index (κ1) is 13.2. The highest BCUT2D eigenvalue weighted by atomic mass is 16.7. The van der Waals surface area contributed by atoms with Crippen LogP contribution in [-0.4, -0.2) is 18.2 Å². The molecule has 0 aromatic heterocycles. The Morgan fingerprint density at radius 1 is 1.16 bits per heavy atom. The minimum Gasteiger partial charge on any atom is -0.331 e. The molecule has 4 saturated carbocycles. The summed E-state index contributed by atoms with van der Waals surface area (Å²) in [5, 5.41) is 3.22. The molecule has 0 aromatic carbocycles. The van der Waals surface area contributed by atoms with Gasteiger partial charge in [-0.1, -0.05) is 13.8 Å². The Labute approximate surface area is 115 Å². The van der Waals surface area contributed by atoms with E-state index in [0.717, 1.165) is 17.8 Å². The van der Waals surface area contributed by atoms with Crippen molar-refractivity contribution in [3.05, 3.63) is 0 Å². The van der Waals surface area contributed by atoms with Crippen LogP contribution < -0.4 is 10.8 Å². The van der Waals surface area contributed by atoms with E-state index in [1.54, 1.807) is 0 Å². The van der Waals surface area contributed by atoms with E-state index < -0.39 is 0 Å².